The molecular weight excluding hydrogens is 422 g/mol. The Kier molecular flexibility index (Phi) is 6.67. The molecule has 1 aliphatic carbocycles. The van der Waals surface area contributed by atoms with Crippen LogP contribution in [-0.4, -0.2) is 32.2 Å². The molecule has 0 bridgehead atoms. The zero-order chi connectivity index (χ0) is 23.4. The fraction of sp³-hybridized carbons (Fsp3) is 0.375. The summed E-state index contributed by atoms with van der Waals surface area (Å²) in [5, 5.41) is 22.5. The summed E-state index contributed by atoms with van der Waals surface area (Å²) in [6.45, 7) is 3.79. The van der Waals surface area contributed by atoms with Crippen LogP contribution in [0.15, 0.2) is 40.9 Å². The van der Waals surface area contributed by atoms with Gasteiger partial charge in [-0.2, -0.15) is 0 Å². The van der Waals surface area contributed by atoms with E-state index in [4.69, 9.17) is 9.52 Å². The van der Waals surface area contributed by atoms with E-state index in [1.807, 2.05) is 44.2 Å². The van der Waals surface area contributed by atoms with Crippen LogP contribution in [0.25, 0.3) is 0 Å². The van der Waals surface area contributed by atoms with Crippen LogP contribution in [0.5, 0.6) is 0 Å². The van der Waals surface area contributed by atoms with Crippen LogP contribution in [0.4, 0.5) is 17.4 Å². The van der Waals surface area contributed by atoms with Gasteiger partial charge in [-0.25, -0.2) is 0 Å². The molecule has 33 heavy (non-hydrogen) atoms. The number of benzene rings is 1. The first-order chi connectivity index (χ1) is 15.9. The zero-order valence-electron chi connectivity index (χ0n) is 18.7. The second-order valence-corrected chi connectivity index (χ2v) is 8.57. The van der Waals surface area contributed by atoms with E-state index in [1.54, 1.807) is 6.20 Å². The van der Waals surface area contributed by atoms with Crippen molar-refractivity contribution in [1.82, 2.24) is 15.2 Å². The average Bonchev–Trinajstić information content (AvgIpc) is 3.26. The normalized spacial score (nSPS) is 18.0. The number of hydrogen-bond acceptors (Lipinski definition) is 7. The van der Waals surface area contributed by atoms with Crippen molar-refractivity contribution in [2.24, 2.45) is 5.92 Å². The minimum atomic E-state index is -0.717. The van der Waals surface area contributed by atoms with Crippen molar-refractivity contribution in [2.45, 2.75) is 51.9 Å². The van der Waals surface area contributed by atoms with Crippen molar-refractivity contribution in [3.63, 3.8) is 0 Å². The molecule has 0 radical (unpaired) electrons. The lowest BCUT2D eigenvalue weighted by molar-refractivity contribution is -0.138. The fourth-order valence-corrected chi connectivity index (χ4v) is 4.21. The largest absolute Gasteiger partial charge is 0.481 e. The van der Waals surface area contributed by atoms with Gasteiger partial charge in [0.15, 0.2) is 0 Å². The predicted octanol–water partition coefficient (Wildman–Crippen LogP) is 4.83. The number of carboxylic acids is 1. The van der Waals surface area contributed by atoms with Gasteiger partial charge in [0.05, 0.1) is 0 Å². The van der Waals surface area contributed by atoms with Crippen molar-refractivity contribution in [3.05, 3.63) is 59.2 Å². The quantitative estimate of drug-likeness (QED) is 0.468. The first kappa shape index (κ1) is 22.4. The van der Waals surface area contributed by atoms with E-state index < -0.39 is 11.9 Å². The molecule has 0 saturated heterocycles. The lowest BCUT2D eigenvalue weighted by atomic mass is 9.77. The van der Waals surface area contributed by atoms with E-state index in [0.29, 0.717) is 11.6 Å². The smallest absolute Gasteiger partial charge is 0.320 e. The van der Waals surface area contributed by atoms with Gasteiger partial charge in [-0.15, -0.1) is 5.10 Å². The highest BCUT2D eigenvalue weighted by Crippen LogP contribution is 2.37. The number of carboxylic acid groups (broad SMARTS) is 1. The van der Waals surface area contributed by atoms with E-state index >= 15 is 0 Å². The summed E-state index contributed by atoms with van der Waals surface area (Å²) in [7, 11) is 0. The summed E-state index contributed by atoms with van der Waals surface area (Å²) in [5.74, 6) is -0.644. The van der Waals surface area contributed by atoms with Gasteiger partial charge in [-0.05, 0) is 80.7 Å². The third kappa shape index (κ3) is 5.74. The van der Waals surface area contributed by atoms with E-state index in [1.165, 1.54) is 5.56 Å². The van der Waals surface area contributed by atoms with Crippen molar-refractivity contribution >= 4 is 29.3 Å². The first-order valence-corrected chi connectivity index (χ1v) is 11.0. The Bertz CT molecular complexity index is 1130. The van der Waals surface area contributed by atoms with E-state index in [-0.39, 0.29) is 24.2 Å². The maximum Gasteiger partial charge on any atom is 0.320 e. The molecule has 1 aliphatic rings. The van der Waals surface area contributed by atoms with Gasteiger partial charge in [0.2, 0.25) is 0 Å². The lowest BCUT2D eigenvalue weighted by Gasteiger charge is -2.28. The topological polar surface area (TPSA) is 130 Å². The number of aryl methyl sites for hydroxylation is 2. The van der Waals surface area contributed by atoms with E-state index in [0.717, 1.165) is 42.6 Å². The number of aromatic nitrogens is 3. The molecule has 0 atom stereocenters. The van der Waals surface area contributed by atoms with Gasteiger partial charge >= 0.3 is 23.8 Å². The molecule has 9 heteroatoms. The summed E-state index contributed by atoms with van der Waals surface area (Å²) in [6.07, 6.45) is 5.83. The van der Waals surface area contributed by atoms with Crippen LogP contribution >= 0.6 is 0 Å². The van der Waals surface area contributed by atoms with Crippen LogP contribution in [0.2, 0.25) is 0 Å². The molecule has 9 nitrogen and oxygen atoms in total. The maximum atomic E-state index is 12.5. The Morgan fingerprint density at radius 1 is 1.09 bits per heavy atom. The van der Waals surface area contributed by atoms with E-state index in [2.05, 4.69) is 25.8 Å². The predicted molar refractivity (Wildman–Crippen MR) is 123 cm³/mol. The summed E-state index contributed by atoms with van der Waals surface area (Å²) in [6, 6.07) is 9.71. The lowest BCUT2D eigenvalue weighted by Crippen LogP contribution is -2.16. The third-order valence-corrected chi connectivity index (χ3v) is 6.05. The second kappa shape index (κ2) is 9.81. The van der Waals surface area contributed by atoms with Gasteiger partial charge in [0.25, 0.3) is 0 Å². The number of amides is 1. The Hall–Kier alpha value is -3.75. The molecule has 0 aliphatic heterocycles. The molecule has 4 rings (SSSR count). The summed E-state index contributed by atoms with van der Waals surface area (Å²) >= 11 is 0. The highest BCUT2D eigenvalue weighted by atomic mass is 16.4. The number of anilines is 3. The van der Waals surface area contributed by atoms with Gasteiger partial charge in [0, 0.05) is 29.7 Å². The molecule has 3 N–H and O–H groups in total. The first-order valence-electron chi connectivity index (χ1n) is 11.0. The molecular formula is C24H27N5O4. The standard InChI is InChI=1S/C24H27N5O4/c1-14-13-25-15(2)11-20(14)27-24-29-28-23(33-24)22(32)26-19-9-7-18(8-10-19)17-5-3-16(4-6-17)12-21(30)31/h7-11,13,16-17H,3-6,12H2,1-2H3,(H,26,32)(H,30,31)(H,25,27,29). The SMILES string of the molecule is Cc1cc(Nc2nnc(C(=O)Nc3ccc(C4CCC(CC(=O)O)CC4)cc3)o2)c(C)cn1. The molecule has 1 aromatic carbocycles. The van der Waals surface area contributed by atoms with Crippen LogP contribution in [0, 0.1) is 19.8 Å². The maximum absolute atomic E-state index is 12.5. The Morgan fingerprint density at radius 3 is 2.52 bits per heavy atom. The number of nitrogens with one attached hydrogen (secondary N) is 2. The molecule has 2 aromatic heterocycles. The van der Waals surface area contributed by atoms with Gasteiger partial charge < -0.3 is 20.2 Å². The molecule has 0 spiro atoms. The summed E-state index contributed by atoms with van der Waals surface area (Å²) in [4.78, 5) is 27.6. The van der Waals surface area contributed by atoms with Crippen LogP contribution in [0.1, 0.15) is 65.5 Å². The van der Waals surface area contributed by atoms with Crippen LogP contribution < -0.4 is 10.6 Å². The molecule has 172 valence electrons. The number of nitrogens with zero attached hydrogens (tertiary/aromatic N) is 3. The zero-order valence-corrected chi connectivity index (χ0v) is 18.7. The monoisotopic (exact) mass is 449 g/mol. The molecule has 1 saturated carbocycles. The minimum Gasteiger partial charge on any atom is -0.481 e. The average molecular weight is 450 g/mol. The van der Waals surface area contributed by atoms with Crippen molar-refractivity contribution in [3.8, 4) is 0 Å². The van der Waals surface area contributed by atoms with Crippen molar-refractivity contribution in [2.75, 3.05) is 10.6 Å². The van der Waals surface area contributed by atoms with E-state index in [9.17, 15) is 9.59 Å². The third-order valence-electron chi connectivity index (χ3n) is 6.05. The highest BCUT2D eigenvalue weighted by Gasteiger charge is 2.24. The molecule has 1 amide bonds. The Labute approximate surface area is 191 Å². The summed E-state index contributed by atoms with van der Waals surface area (Å²) in [5.41, 5.74) is 4.38. The molecule has 0 unspecified atom stereocenters. The minimum absolute atomic E-state index is 0.127. The van der Waals surface area contributed by atoms with Crippen LogP contribution in [0.3, 0.4) is 0 Å². The van der Waals surface area contributed by atoms with Crippen LogP contribution in [-0.2, 0) is 4.79 Å². The van der Waals surface area contributed by atoms with Gasteiger partial charge in [0.1, 0.15) is 0 Å². The van der Waals surface area contributed by atoms with Gasteiger partial charge in [-0.1, -0.05) is 17.2 Å². The Morgan fingerprint density at radius 2 is 1.82 bits per heavy atom. The van der Waals surface area contributed by atoms with Crippen molar-refractivity contribution in [1.29, 1.82) is 0 Å². The number of pyridine rings is 1. The number of carbonyl (C=O) groups is 2. The summed E-state index contributed by atoms with van der Waals surface area (Å²) < 4.78 is 5.47. The number of rotatable bonds is 7. The molecule has 2 heterocycles. The fourth-order valence-electron chi connectivity index (χ4n) is 4.21. The molecule has 3 aromatic rings. The van der Waals surface area contributed by atoms with Crippen molar-refractivity contribution < 1.29 is 19.1 Å². The highest BCUT2D eigenvalue weighted by molar-refractivity contribution is 6.00. The number of hydrogen-bond donors (Lipinski definition) is 3. The van der Waals surface area contributed by atoms with Gasteiger partial charge in [-0.3, -0.25) is 14.6 Å². The Balaban J connectivity index is 1.33. The molecule has 1 fully saturated rings. The number of aliphatic carboxylic acids is 1. The number of carbonyl (C=O) groups excluding carboxylic acids is 1. The second-order valence-electron chi connectivity index (χ2n) is 8.57.